The molecule has 0 radical (unpaired) electrons. The number of carbonyl (C=O) groups is 1. The lowest BCUT2D eigenvalue weighted by Gasteiger charge is -2.24. The minimum absolute atomic E-state index is 0.212. The summed E-state index contributed by atoms with van der Waals surface area (Å²) in [6, 6.07) is 3.63. The van der Waals surface area contributed by atoms with E-state index in [1.165, 1.54) is 12.8 Å². The van der Waals surface area contributed by atoms with Crippen LogP contribution >= 0.6 is 0 Å². The molecule has 3 aliphatic heterocycles. The normalized spacial score (nSPS) is 30.0. The van der Waals surface area contributed by atoms with Crippen molar-refractivity contribution in [2.75, 3.05) is 14.2 Å². The van der Waals surface area contributed by atoms with Gasteiger partial charge in [0, 0.05) is 24.5 Å². The molecule has 0 amide bonds. The van der Waals surface area contributed by atoms with Crippen LogP contribution in [-0.4, -0.2) is 38.2 Å². The predicted octanol–water partition coefficient (Wildman–Crippen LogP) is 5.33. The van der Waals surface area contributed by atoms with Gasteiger partial charge in [0.15, 0.2) is 5.79 Å². The minimum atomic E-state index is -0.301. The second kappa shape index (κ2) is 9.15. The number of benzene rings is 1. The van der Waals surface area contributed by atoms with E-state index in [2.05, 4.69) is 6.92 Å². The van der Waals surface area contributed by atoms with E-state index in [0.29, 0.717) is 29.3 Å². The van der Waals surface area contributed by atoms with Gasteiger partial charge < -0.3 is 23.7 Å². The van der Waals surface area contributed by atoms with Gasteiger partial charge in [-0.15, -0.1) is 0 Å². The first-order chi connectivity index (χ1) is 14.5. The molecule has 6 heteroatoms. The smallest absolute Gasteiger partial charge is 0.342 e. The van der Waals surface area contributed by atoms with Gasteiger partial charge in [0.05, 0.1) is 26.4 Å². The second-order valence-electron chi connectivity index (χ2n) is 8.84. The fourth-order valence-electron chi connectivity index (χ4n) is 5.07. The van der Waals surface area contributed by atoms with E-state index in [0.717, 1.165) is 56.9 Å². The zero-order valence-electron chi connectivity index (χ0n) is 18.4. The number of hydrogen-bond acceptors (Lipinski definition) is 6. The molecule has 0 saturated carbocycles. The molecule has 6 nitrogen and oxygen atoms in total. The maximum Gasteiger partial charge on any atom is 0.342 e. The summed E-state index contributed by atoms with van der Waals surface area (Å²) in [5, 5.41) is 0. The van der Waals surface area contributed by atoms with E-state index in [-0.39, 0.29) is 17.9 Å². The van der Waals surface area contributed by atoms with Gasteiger partial charge in [0.25, 0.3) is 0 Å². The maximum absolute atomic E-state index is 12.3. The van der Waals surface area contributed by atoms with Crippen molar-refractivity contribution in [3.05, 3.63) is 23.3 Å². The fourth-order valence-corrected chi connectivity index (χ4v) is 5.07. The summed E-state index contributed by atoms with van der Waals surface area (Å²) in [7, 11) is 3.17. The van der Waals surface area contributed by atoms with Crippen molar-refractivity contribution in [1.29, 1.82) is 0 Å². The molecule has 166 valence electrons. The molecule has 2 fully saturated rings. The van der Waals surface area contributed by atoms with Crippen molar-refractivity contribution in [3.63, 3.8) is 0 Å². The molecule has 1 unspecified atom stereocenters. The zero-order valence-corrected chi connectivity index (χ0v) is 18.4. The predicted molar refractivity (Wildman–Crippen MR) is 112 cm³/mol. The van der Waals surface area contributed by atoms with Crippen molar-refractivity contribution in [2.24, 2.45) is 0 Å². The van der Waals surface area contributed by atoms with Gasteiger partial charge in [-0.25, -0.2) is 4.79 Å². The Morgan fingerprint density at radius 3 is 2.47 bits per heavy atom. The van der Waals surface area contributed by atoms with Crippen LogP contribution in [0.5, 0.6) is 11.5 Å². The van der Waals surface area contributed by atoms with Gasteiger partial charge in [0.1, 0.15) is 23.2 Å². The van der Waals surface area contributed by atoms with Gasteiger partial charge in [-0.2, -0.15) is 0 Å². The highest BCUT2D eigenvalue weighted by molar-refractivity contribution is 5.97. The third kappa shape index (κ3) is 4.45. The zero-order chi connectivity index (χ0) is 21.1. The van der Waals surface area contributed by atoms with Crippen LogP contribution in [0, 0.1) is 0 Å². The Balaban J connectivity index is 1.19. The molecule has 0 N–H and O–H groups in total. The van der Waals surface area contributed by atoms with Gasteiger partial charge in [0.2, 0.25) is 0 Å². The number of hydrogen-bond donors (Lipinski definition) is 0. The van der Waals surface area contributed by atoms with Crippen LogP contribution in [0.15, 0.2) is 12.1 Å². The first kappa shape index (κ1) is 21.4. The van der Waals surface area contributed by atoms with Crippen LogP contribution in [0.4, 0.5) is 0 Å². The van der Waals surface area contributed by atoms with E-state index < -0.39 is 0 Å². The van der Waals surface area contributed by atoms with Crippen molar-refractivity contribution in [2.45, 2.75) is 95.2 Å². The van der Waals surface area contributed by atoms with Gasteiger partial charge in [-0.3, -0.25) is 0 Å². The van der Waals surface area contributed by atoms with E-state index in [1.807, 2.05) is 6.07 Å². The molecule has 1 aromatic carbocycles. The first-order valence-electron chi connectivity index (χ1n) is 11.4. The van der Waals surface area contributed by atoms with Crippen molar-refractivity contribution >= 4 is 5.97 Å². The molecular formula is C24H34O6. The monoisotopic (exact) mass is 418 g/mol. The van der Waals surface area contributed by atoms with Crippen LogP contribution < -0.4 is 9.47 Å². The SMILES string of the molecule is COc1cc(OC)c2c(c1)C(CCCCCC[C@H]1CC[C@]3(CC[C@H](C)O3)O1)OC2=O. The van der Waals surface area contributed by atoms with Crippen LogP contribution in [-0.2, 0) is 14.2 Å². The third-order valence-corrected chi connectivity index (χ3v) is 6.68. The highest BCUT2D eigenvalue weighted by atomic mass is 16.7. The molecule has 1 aromatic rings. The largest absolute Gasteiger partial charge is 0.497 e. The topological polar surface area (TPSA) is 63.2 Å². The molecule has 1 spiro atoms. The first-order valence-corrected chi connectivity index (χ1v) is 11.4. The second-order valence-corrected chi connectivity index (χ2v) is 8.84. The van der Waals surface area contributed by atoms with Crippen LogP contribution in [0.2, 0.25) is 0 Å². The van der Waals surface area contributed by atoms with Gasteiger partial charge in [-0.05, 0) is 45.1 Å². The fraction of sp³-hybridized carbons (Fsp3) is 0.708. The lowest BCUT2D eigenvalue weighted by molar-refractivity contribution is -0.214. The summed E-state index contributed by atoms with van der Waals surface area (Å²) in [5.41, 5.74) is 1.42. The summed E-state index contributed by atoms with van der Waals surface area (Å²) in [6.07, 6.45) is 11.2. The Kier molecular flexibility index (Phi) is 6.54. The Morgan fingerprint density at radius 1 is 1.00 bits per heavy atom. The molecule has 2 saturated heterocycles. The molecule has 0 bridgehead atoms. The number of esters is 1. The molecule has 0 aromatic heterocycles. The van der Waals surface area contributed by atoms with E-state index in [1.54, 1.807) is 20.3 Å². The lowest BCUT2D eigenvalue weighted by Crippen LogP contribution is -2.28. The van der Waals surface area contributed by atoms with Gasteiger partial charge in [-0.1, -0.05) is 19.3 Å². The molecule has 3 aliphatic rings. The minimum Gasteiger partial charge on any atom is -0.497 e. The average Bonchev–Trinajstić information content (AvgIpc) is 3.41. The number of carbonyl (C=O) groups excluding carboxylic acids is 1. The molecule has 4 rings (SSSR count). The highest BCUT2D eigenvalue weighted by Gasteiger charge is 2.45. The van der Waals surface area contributed by atoms with Crippen LogP contribution in [0.25, 0.3) is 0 Å². The number of rotatable bonds is 9. The van der Waals surface area contributed by atoms with E-state index in [9.17, 15) is 4.79 Å². The summed E-state index contributed by atoms with van der Waals surface area (Å²) >= 11 is 0. The average molecular weight is 419 g/mol. The maximum atomic E-state index is 12.3. The Labute approximate surface area is 179 Å². The molecule has 4 atom stereocenters. The van der Waals surface area contributed by atoms with Crippen LogP contribution in [0.1, 0.15) is 93.2 Å². The summed E-state index contributed by atoms with van der Waals surface area (Å²) in [5.74, 6) is 0.632. The number of unbranched alkanes of at least 4 members (excludes halogenated alkanes) is 3. The number of cyclic esters (lactones) is 1. The van der Waals surface area contributed by atoms with E-state index >= 15 is 0 Å². The molecule has 30 heavy (non-hydrogen) atoms. The molecule has 0 aliphatic carbocycles. The van der Waals surface area contributed by atoms with Crippen molar-refractivity contribution < 1.29 is 28.5 Å². The molecule has 3 heterocycles. The van der Waals surface area contributed by atoms with Crippen molar-refractivity contribution in [1.82, 2.24) is 0 Å². The van der Waals surface area contributed by atoms with Gasteiger partial charge >= 0.3 is 5.97 Å². The Bertz CT molecular complexity index is 762. The standard InChI is InChI=1S/C24H34O6/c1-16-10-12-24(29-16)13-11-17(30-24)8-6-4-5-7-9-20-19-14-18(26-2)15-21(27-3)22(19)23(25)28-20/h14-17,20H,4-13H2,1-3H3/t16-,17-,20?,24-/m0/s1. The third-order valence-electron chi connectivity index (χ3n) is 6.68. The number of ether oxygens (including phenoxy) is 5. The van der Waals surface area contributed by atoms with E-state index in [4.69, 9.17) is 23.7 Å². The summed E-state index contributed by atoms with van der Waals surface area (Å²) < 4.78 is 28.6. The van der Waals surface area contributed by atoms with Crippen molar-refractivity contribution in [3.8, 4) is 11.5 Å². The number of fused-ring (bicyclic) bond motifs is 1. The highest BCUT2D eigenvalue weighted by Crippen LogP contribution is 2.43. The summed E-state index contributed by atoms with van der Waals surface area (Å²) in [6.45, 7) is 2.14. The van der Waals surface area contributed by atoms with Crippen LogP contribution in [0.3, 0.4) is 0 Å². The quantitative estimate of drug-likeness (QED) is 0.399. The number of methoxy groups -OCH3 is 2. The Morgan fingerprint density at radius 2 is 1.77 bits per heavy atom. The summed E-state index contributed by atoms with van der Waals surface area (Å²) in [4.78, 5) is 12.3. The molecular weight excluding hydrogens is 384 g/mol. The Hall–Kier alpha value is -1.79. The lowest BCUT2D eigenvalue weighted by atomic mass is 9.98.